The summed E-state index contributed by atoms with van der Waals surface area (Å²) in [6.07, 6.45) is 0. The highest BCUT2D eigenvalue weighted by atomic mass is 32.2. The van der Waals surface area contributed by atoms with Gasteiger partial charge in [-0.25, -0.2) is 22.0 Å². The van der Waals surface area contributed by atoms with Crippen LogP contribution in [0.25, 0.3) is 0 Å². The molecule has 0 saturated carbocycles. The summed E-state index contributed by atoms with van der Waals surface area (Å²) >= 11 is 0. The highest BCUT2D eigenvalue weighted by Gasteiger charge is 2.22. The molecule has 134 valence electrons. The number of anilines is 1. The molecule has 25 heavy (non-hydrogen) atoms. The predicted octanol–water partition coefficient (Wildman–Crippen LogP) is 3.09. The third-order valence-corrected chi connectivity index (χ3v) is 5.02. The summed E-state index contributed by atoms with van der Waals surface area (Å²) in [5, 5.41) is 8.88. The van der Waals surface area contributed by atoms with E-state index >= 15 is 0 Å². The van der Waals surface area contributed by atoms with Crippen molar-refractivity contribution in [2.75, 3.05) is 11.8 Å². The molecule has 0 unspecified atom stereocenters. The molecule has 0 bridgehead atoms. The van der Waals surface area contributed by atoms with Crippen LogP contribution in [0.2, 0.25) is 0 Å². The third kappa shape index (κ3) is 3.71. The van der Waals surface area contributed by atoms with Gasteiger partial charge in [0.1, 0.15) is 17.4 Å². The van der Waals surface area contributed by atoms with Gasteiger partial charge in [-0.05, 0) is 43.2 Å². The number of carbonyl (C=O) groups is 1. The Morgan fingerprint density at radius 1 is 1.08 bits per heavy atom. The Hall–Kier alpha value is -2.68. The zero-order valence-electron chi connectivity index (χ0n) is 13.6. The topological polar surface area (TPSA) is 92.7 Å². The summed E-state index contributed by atoms with van der Waals surface area (Å²) in [5.74, 6) is -3.69. The van der Waals surface area contributed by atoms with Gasteiger partial charge in [-0.2, -0.15) is 0 Å². The standard InChI is InChI=1S/C16H15F2NO5S/c1-8-5-15(9(2)4-14(8)24-3)25(22,23)19-13-6-10(16(20)21)11(17)7-12(13)18/h4-7,19H,1-3H3,(H,20,21). The van der Waals surface area contributed by atoms with Crippen molar-refractivity contribution in [1.82, 2.24) is 0 Å². The van der Waals surface area contributed by atoms with Crippen LogP contribution >= 0.6 is 0 Å². The van der Waals surface area contributed by atoms with Crippen LogP contribution in [0.4, 0.5) is 14.5 Å². The molecule has 0 atom stereocenters. The van der Waals surface area contributed by atoms with Crippen molar-refractivity contribution in [3.05, 3.63) is 52.6 Å². The van der Waals surface area contributed by atoms with Gasteiger partial charge in [0.2, 0.25) is 0 Å². The van der Waals surface area contributed by atoms with E-state index in [-0.39, 0.29) is 4.90 Å². The number of aromatic carboxylic acids is 1. The fourth-order valence-corrected chi connectivity index (χ4v) is 3.63. The Labute approximate surface area is 143 Å². The average Bonchev–Trinajstić information content (AvgIpc) is 2.51. The van der Waals surface area contributed by atoms with Gasteiger partial charge in [0.25, 0.3) is 10.0 Å². The summed E-state index contributed by atoms with van der Waals surface area (Å²) in [6, 6.07) is 3.76. The molecular formula is C16H15F2NO5S. The number of hydrogen-bond acceptors (Lipinski definition) is 4. The van der Waals surface area contributed by atoms with E-state index in [9.17, 15) is 22.0 Å². The van der Waals surface area contributed by atoms with E-state index in [2.05, 4.69) is 0 Å². The first kappa shape index (κ1) is 18.7. The monoisotopic (exact) mass is 371 g/mol. The Kier molecular flexibility index (Phi) is 4.98. The number of aryl methyl sites for hydroxylation is 2. The normalized spacial score (nSPS) is 11.2. The molecule has 0 aromatic heterocycles. The van der Waals surface area contributed by atoms with Crippen molar-refractivity contribution in [2.45, 2.75) is 18.7 Å². The number of rotatable bonds is 5. The Morgan fingerprint density at radius 2 is 1.72 bits per heavy atom. The number of carboxylic acid groups (broad SMARTS) is 1. The number of hydrogen-bond donors (Lipinski definition) is 2. The van der Waals surface area contributed by atoms with E-state index in [0.717, 1.165) is 0 Å². The number of methoxy groups -OCH3 is 1. The van der Waals surface area contributed by atoms with Crippen LogP contribution in [0.1, 0.15) is 21.5 Å². The lowest BCUT2D eigenvalue weighted by atomic mass is 10.1. The highest BCUT2D eigenvalue weighted by Crippen LogP contribution is 2.28. The van der Waals surface area contributed by atoms with Crippen LogP contribution < -0.4 is 9.46 Å². The van der Waals surface area contributed by atoms with Crippen molar-refractivity contribution >= 4 is 21.7 Å². The van der Waals surface area contributed by atoms with Crippen LogP contribution in [0.3, 0.4) is 0 Å². The lowest BCUT2D eigenvalue weighted by Crippen LogP contribution is -2.16. The first-order valence-corrected chi connectivity index (χ1v) is 8.45. The lowest BCUT2D eigenvalue weighted by Gasteiger charge is -2.14. The van der Waals surface area contributed by atoms with E-state index in [0.29, 0.717) is 29.0 Å². The molecule has 0 radical (unpaired) electrons. The molecule has 0 amide bonds. The van der Waals surface area contributed by atoms with E-state index in [1.807, 2.05) is 4.72 Å². The minimum absolute atomic E-state index is 0.133. The van der Waals surface area contributed by atoms with Gasteiger partial charge in [0, 0.05) is 6.07 Å². The largest absolute Gasteiger partial charge is 0.496 e. The number of halogens is 2. The van der Waals surface area contributed by atoms with E-state index < -0.39 is 38.9 Å². The van der Waals surface area contributed by atoms with E-state index in [1.165, 1.54) is 26.2 Å². The number of sulfonamides is 1. The first-order valence-electron chi connectivity index (χ1n) is 6.97. The summed E-state index contributed by atoms with van der Waals surface area (Å²) in [5.41, 5.74) is -0.622. The second-order valence-electron chi connectivity index (χ2n) is 5.31. The fraction of sp³-hybridized carbons (Fsp3) is 0.188. The molecule has 0 aliphatic carbocycles. The number of ether oxygens (including phenoxy) is 1. The highest BCUT2D eigenvalue weighted by molar-refractivity contribution is 7.92. The predicted molar refractivity (Wildman–Crippen MR) is 86.6 cm³/mol. The number of carboxylic acids is 1. The van der Waals surface area contributed by atoms with Crippen LogP contribution in [0.15, 0.2) is 29.2 Å². The van der Waals surface area contributed by atoms with Gasteiger partial charge < -0.3 is 9.84 Å². The molecule has 0 spiro atoms. The summed E-state index contributed by atoms with van der Waals surface area (Å²) < 4.78 is 59.4. The molecule has 0 fully saturated rings. The van der Waals surface area contributed by atoms with E-state index in [1.54, 1.807) is 6.92 Å². The van der Waals surface area contributed by atoms with Crippen molar-refractivity contribution in [1.29, 1.82) is 0 Å². The van der Waals surface area contributed by atoms with Gasteiger partial charge in [-0.15, -0.1) is 0 Å². The molecular weight excluding hydrogens is 356 g/mol. The molecule has 0 heterocycles. The summed E-state index contributed by atoms with van der Waals surface area (Å²) in [7, 11) is -2.79. The molecule has 2 aromatic rings. The van der Waals surface area contributed by atoms with Crippen LogP contribution in [0, 0.1) is 25.5 Å². The Morgan fingerprint density at radius 3 is 2.28 bits per heavy atom. The maximum Gasteiger partial charge on any atom is 0.338 e. The Balaban J connectivity index is 2.52. The van der Waals surface area contributed by atoms with Crippen molar-refractivity contribution in [2.24, 2.45) is 0 Å². The quantitative estimate of drug-likeness (QED) is 0.843. The fourth-order valence-electron chi connectivity index (χ4n) is 2.26. The van der Waals surface area contributed by atoms with Gasteiger partial charge in [-0.3, -0.25) is 4.72 Å². The Bertz CT molecular complexity index is 957. The van der Waals surface area contributed by atoms with E-state index in [4.69, 9.17) is 9.84 Å². The summed E-state index contributed by atoms with van der Waals surface area (Å²) in [4.78, 5) is 10.8. The van der Waals surface area contributed by atoms with Crippen molar-refractivity contribution < 1.29 is 31.8 Å². The maximum absolute atomic E-state index is 13.9. The minimum Gasteiger partial charge on any atom is -0.496 e. The van der Waals surface area contributed by atoms with Crippen LogP contribution in [-0.4, -0.2) is 26.6 Å². The zero-order chi connectivity index (χ0) is 18.9. The molecule has 2 aromatic carbocycles. The first-order chi connectivity index (χ1) is 11.6. The molecule has 0 aliphatic heterocycles. The lowest BCUT2D eigenvalue weighted by molar-refractivity contribution is 0.0692. The van der Waals surface area contributed by atoms with Crippen molar-refractivity contribution in [3.8, 4) is 5.75 Å². The van der Waals surface area contributed by atoms with Gasteiger partial charge in [0.15, 0.2) is 0 Å². The van der Waals surface area contributed by atoms with Gasteiger partial charge in [0.05, 0.1) is 23.3 Å². The molecule has 0 saturated heterocycles. The molecule has 0 aliphatic rings. The second kappa shape index (κ2) is 6.67. The van der Waals surface area contributed by atoms with Crippen LogP contribution in [0.5, 0.6) is 5.75 Å². The number of benzene rings is 2. The zero-order valence-corrected chi connectivity index (χ0v) is 14.4. The number of nitrogens with one attached hydrogen (secondary N) is 1. The van der Waals surface area contributed by atoms with Crippen molar-refractivity contribution in [3.63, 3.8) is 0 Å². The molecule has 2 rings (SSSR count). The SMILES string of the molecule is COc1cc(C)c(S(=O)(=O)Nc2cc(C(=O)O)c(F)cc2F)cc1C. The second-order valence-corrected chi connectivity index (χ2v) is 6.96. The average molecular weight is 371 g/mol. The summed E-state index contributed by atoms with van der Waals surface area (Å²) in [6.45, 7) is 3.17. The minimum atomic E-state index is -4.23. The maximum atomic E-state index is 13.9. The van der Waals surface area contributed by atoms with Gasteiger partial charge in [-0.1, -0.05) is 0 Å². The van der Waals surface area contributed by atoms with Gasteiger partial charge >= 0.3 is 5.97 Å². The smallest absolute Gasteiger partial charge is 0.338 e. The molecule has 9 heteroatoms. The third-order valence-electron chi connectivity index (χ3n) is 3.51. The van der Waals surface area contributed by atoms with Crippen LogP contribution in [-0.2, 0) is 10.0 Å². The molecule has 6 nitrogen and oxygen atoms in total. The molecule has 2 N–H and O–H groups in total.